The molecule has 0 spiro atoms. The van der Waals surface area contributed by atoms with E-state index in [1.807, 2.05) is 0 Å². The van der Waals surface area contributed by atoms with Crippen LogP contribution >= 0.6 is 24.8 Å². The Morgan fingerprint density at radius 1 is 0.607 bits per heavy atom. The molecule has 0 bridgehead atoms. The second-order valence-electron chi connectivity index (χ2n) is 7.71. The molecule has 2 aliphatic heterocycles. The first kappa shape index (κ1) is 27.4. The van der Waals surface area contributed by atoms with Crippen molar-refractivity contribution in [2.24, 2.45) is 0 Å². The lowest BCUT2D eigenvalue weighted by Gasteiger charge is -2.14. The summed E-state index contributed by atoms with van der Waals surface area (Å²) in [5.41, 5.74) is 0. The molecule has 166 valence electrons. The van der Waals surface area contributed by atoms with Gasteiger partial charge < -0.3 is 20.4 Å². The molecule has 2 fully saturated rings. The van der Waals surface area contributed by atoms with Crippen LogP contribution in [0.25, 0.3) is 0 Å². The molecule has 0 aromatic heterocycles. The lowest BCUT2D eigenvalue weighted by Crippen LogP contribution is -2.33. The zero-order valence-corrected chi connectivity index (χ0v) is 18.9. The Kier molecular flexibility index (Phi) is 17.0. The van der Waals surface area contributed by atoms with E-state index in [0.29, 0.717) is 12.8 Å². The smallest absolute Gasteiger partial charge is 0.220 e. The van der Waals surface area contributed by atoms with Crippen LogP contribution in [-0.4, -0.2) is 74.0 Å². The highest BCUT2D eigenvalue weighted by molar-refractivity contribution is 5.85. The summed E-state index contributed by atoms with van der Waals surface area (Å²) < 4.78 is 0. The van der Waals surface area contributed by atoms with Gasteiger partial charge in [0.2, 0.25) is 11.8 Å². The summed E-state index contributed by atoms with van der Waals surface area (Å²) in [5.74, 6) is 0.340. The average Bonchev–Trinajstić information content (AvgIpc) is 3.32. The highest BCUT2D eigenvalue weighted by Gasteiger charge is 2.12. The Morgan fingerprint density at radius 2 is 0.964 bits per heavy atom. The van der Waals surface area contributed by atoms with Crippen LogP contribution in [0.1, 0.15) is 64.2 Å². The van der Waals surface area contributed by atoms with Crippen molar-refractivity contribution in [1.29, 1.82) is 0 Å². The van der Waals surface area contributed by atoms with Gasteiger partial charge in [-0.1, -0.05) is 12.8 Å². The fourth-order valence-electron chi connectivity index (χ4n) is 3.82. The molecule has 8 heteroatoms. The van der Waals surface area contributed by atoms with Gasteiger partial charge in [-0.2, -0.15) is 0 Å². The maximum absolute atomic E-state index is 11.8. The number of halogens is 2. The molecular formula is C20H40Cl2N4O2. The Morgan fingerprint density at radius 3 is 1.32 bits per heavy atom. The molecule has 0 saturated carbocycles. The zero-order chi connectivity index (χ0) is 18.5. The number of nitrogens with zero attached hydrogens (tertiary/aromatic N) is 2. The van der Waals surface area contributed by atoms with Gasteiger partial charge >= 0.3 is 0 Å². The van der Waals surface area contributed by atoms with E-state index < -0.39 is 0 Å². The first-order valence-corrected chi connectivity index (χ1v) is 10.7. The van der Waals surface area contributed by atoms with Crippen LogP contribution in [0.5, 0.6) is 0 Å². The van der Waals surface area contributed by atoms with Gasteiger partial charge in [0, 0.05) is 39.0 Å². The maximum atomic E-state index is 11.8. The van der Waals surface area contributed by atoms with Crippen LogP contribution in [-0.2, 0) is 9.59 Å². The fraction of sp³-hybridized carbons (Fsp3) is 0.900. The second kappa shape index (κ2) is 17.3. The summed E-state index contributed by atoms with van der Waals surface area (Å²) in [5, 5.41) is 6.03. The van der Waals surface area contributed by atoms with Gasteiger partial charge in [0.05, 0.1) is 0 Å². The quantitative estimate of drug-likeness (QED) is 0.433. The first-order chi connectivity index (χ1) is 12.7. The highest BCUT2D eigenvalue weighted by atomic mass is 35.5. The van der Waals surface area contributed by atoms with Gasteiger partial charge in [-0.15, -0.1) is 24.8 Å². The van der Waals surface area contributed by atoms with Crippen molar-refractivity contribution in [1.82, 2.24) is 20.4 Å². The van der Waals surface area contributed by atoms with E-state index in [1.54, 1.807) is 0 Å². The standard InChI is InChI=1S/C20H38N4O2.2ClH/c25-19(21-11-17-23-13-5-6-14-23)9-3-1-2-4-10-20(26)22-12-18-24-15-7-8-16-24;;/h1-18H2,(H,21,25)(H,22,26);2*1H. The summed E-state index contributed by atoms with van der Waals surface area (Å²) in [6, 6.07) is 0. The van der Waals surface area contributed by atoms with Crippen molar-refractivity contribution in [3.63, 3.8) is 0 Å². The Hall–Kier alpha value is -0.560. The Balaban J connectivity index is 0.00000364. The van der Waals surface area contributed by atoms with Gasteiger partial charge in [-0.05, 0) is 64.7 Å². The molecule has 0 aliphatic carbocycles. The summed E-state index contributed by atoms with van der Waals surface area (Å²) in [6.45, 7) is 8.25. The third kappa shape index (κ3) is 12.8. The summed E-state index contributed by atoms with van der Waals surface area (Å²) in [7, 11) is 0. The van der Waals surface area contributed by atoms with Crippen molar-refractivity contribution in [2.75, 3.05) is 52.4 Å². The summed E-state index contributed by atoms with van der Waals surface area (Å²) in [6.07, 6.45) is 10.3. The van der Waals surface area contributed by atoms with Crippen LogP contribution in [0.15, 0.2) is 0 Å². The van der Waals surface area contributed by atoms with Crippen LogP contribution in [0.4, 0.5) is 0 Å². The van der Waals surface area contributed by atoms with Crippen molar-refractivity contribution in [2.45, 2.75) is 64.2 Å². The molecule has 2 N–H and O–H groups in total. The Bertz CT molecular complexity index is 377. The topological polar surface area (TPSA) is 64.7 Å². The summed E-state index contributed by atoms with van der Waals surface area (Å²) in [4.78, 5) is 28.4. The number of likely N-dealkylation sites (tertiary alicyclic amines) is 2. The zero-order valence-electron chi connectivity index (χ0n) is 17.3. The molecule has 2 aliphatic rings. The average molecular weight is 439 g/mol. The monoisotopic (exact) mass is 438 g/mol. The third-order valence-corrected chi connectivity index (χ3v) is 5.46. The van der Waals surface area contributed by atoms with E-state index in [0.717, 1.165) is 51.9 Å². The molecule has 0 atom stereocenters. The number of carbonyl (C=O) groups is 2. The predicted molar refractivity (Wildman–Crippen MR) is 120 cm³/mol. The number of unbranched alkanes of at least 4 members (excludes halogenated alkanes) is 3. The SMILES string of the molecule is Cl.Cl.O=C(CCCCCCC(=O)NCCN1CCCC1)NCCN1CCCC1. The van der Waals surface area contributed by atoms with Crippen LogP contribution in [0.2, 0.25) is 0 Å². The number of carbonyl (C=O) groups excluding carboxylic acids is 2. The van der Waals surface area contributed by atoms with E-state index in [4.69, 9.17) is 0 Å². The van der Waals surface area contributed by atoms with E-state index in [9.17, 15) is 9.59 Å². The van der Waals surface area contributed by atoms with Crippen LogP contribution in [0, 0.1) is 0 Å². The van der Waals surface area contributed by atoms with E-state index >= 15 is 0 Å². The molecule has 0 aromatic rings. The normalized spacial score (nSPS) is 17.0. The van der Waals surface area contributed by atoms with Gasteiger partial charge in [-0.3, -0.25) is 9.59 Å². The molecule has 6 nitrogen and oxygen atoms in total. The van der Waals surface area contributed by atoms with Crippen molar-refractivity contribution in [3.05, 3.63) is 0 Å². The first-order valence-electron chi connectivity index (χ1n) is 10.7. The lowest BCUT2D eigenvalue weighted by molar-refractivity contribution is -0.122. The van der Waals surface area contributed by atoms with Crippen molar-refractivity contribution >= 4 is 36.6 Å². The minimum absolute atomic E-state index is 0. The number of nitrogens with one attached hydrogen (secondary N) is 2. The molecule has 0 unspecified atom stereocenters. The van der Waals surface area contributed by atoms with E-state index in [1.165, 1.54) is 51.9 Å². The summed E-state index contributed by atoms with van der Waals surface area (Å²) >= 11 is 0. The largest absolute Gasteiger partial charge is 0.355 e. The molecular weight excluding hydrogens is 399 g/mol. The molecule has 28 heavy (non-hydrogen) atoms. The molecule has 2 rings (SSSR count). The van der Waals surface area contributed by atoms with Crippen molar-refractivity contribution in [3.8, 4) is 0 Å². The number of hydrogen-bond donors (Lipinski definition) is 2. The number of rotatable bonds is 13. The third-order valence-electron chi connectivity index (χ3n) is 5.46. The lowest BCUT2D eigenvalue weighted by atomic mass is 10.1. The highest BCUT2D eigenvalue weighted by Crippen LogP contribution is 2.07. The predicted octanol–water partition coefficient (Wildman–Crippen LogP) is 2.59. The molecule has 2 heterocycles. The maximum Gasteiger partial charge on any atom is 0.220 e. The second-order valence-corrected chi connectivity index (χ2v) is 7.71. The fourth-order valence-corrected chi connectivity index (χ4v) is 3.82. The Labute approximate surface area is 183 Å². The van der Waals surface area contributed by atoms with Gasteiger partial charge in [0.15, 0.2) is 0 Å². The molecule has 2 saturated heterocycles. The number of hydrogen-bond acceptors (Lipinski definition) is 4. The van der Waals surface area contributed by atoms with Crippen LogP contribution in [0.3, 0.4) is 0 Å². The number of amides is 2. The van der Waals surface area contributed by atoms with Gasteiger partial charge in [0.25, 0.3) is 0 Å². The van der Waals surface area contributed by atoms with Gasteiger partial charge in [-0.25, -0.2) is 0 Å². The molecule has 2 amide bonds. The van der Waals surface area contributed by atoms with E-state index in [-0.39, 0.29) is 36.6 Å². The van der Waals surface area contributed by atoms with Crippen LogP contribution < -0.4 is 10.6 Å². The minimum atomic E-state index is 0. The molecule has 0 radical (unpaired) electrons. The molecule has 0 aromatic carbocycles. The van der Waals surface area contributed by atoms with Gasteiger partial charge in [0.1, 0.15) is 0 Å². The minimum Gasteiger partial charge on any atom is -0.355 e. The van der Waals surface area contributed by atoms with E-state index in [2.05, 4.69) is 20.4 Å². The van der Waals surface area contributed by atoms with Crippen molar-refractivity contribution < 1.29 is 9.59 Å².